The molecule has 1 aliphatic heterocycles. The molecular formula is C9H12N4O6. The monoisotopic (exact) mass is 272 g/mol. The molecule has 0 amide bonds. The number of nitrogens with zero attached hydrogens (tertiary/aromatic N) is 3. The first kappa shape index (κ1) is 13.5. The summed E-state index contributed by atoms with van der Waals surface area (Å²) in [5.41, 5.74) is 4.93. The second-order valence-corrected chi connectivity index (χ2v) is 4.01. The maximum atomic E-state index is 10.6. The van der Waals surface area contributed by atoms with Crippen molar-refractivity contribution in [3.05, 3.63) is 22.1 Å². The molecule has 0 saturated carbocycles. The molecule has 0 radical (unpaired) electrons. The molecule has 10 nitrogen and oxygen atoms in total. The third-order valence-electron chi connectivity index (χ3n) is 2.81. The summed E-state index contributed by atoms with van der Waals surface area (Å²) >= 11 is 0. The molecule has 1 aliphatic rings. The van der Waals surface area contributed by atoms with Crippen molar-refractivity contribution in [3.8, 4) is 0 Å². The highest BCUT2D eigenvalue weighted by molar-refractivity contribution is 5.50. The lowest BCUT2D eigenvalue weighted by Crippen LogP contribution is -2.32. The van der Waals surface area contributed by atoms with Gasteiger partial charge in [-0.1, -0.05) is 0 Å². The van der Waals surface area contributed by atoms with Crippen LogP contribution < -0.4 is 5.73 Å². The Labute approximate surface area is 106 Å². The first-order valence-corrected chi connectivity index (χ1v) is 5.35. The molecule has 1 saturated heterocycles. The van der Waals surface area contributed by atoms with Crippen molar-refractivity contribution in [1.82, 2.24) is 9.97 Å². The highest BCUT2D eigenvalue weighted by Crippen LogP contribution is 2.32. The molecular weight excluding hydrogens is 260 g/mol. The van der Waals surface area contributed by atoms with Gasteiger partial charge in [0.05, 0.1) is 11.5 Å². The van der Waals surface area contributed by atoms with Gasteiger partial charge in [0.2, 0.25) is 5.82 Å². The van der Waals surface area contributed by atoms with Gasteiger partial charge in [-0.3, -0.25) is 10.1 Å². The van der Waals surface area contributed by atoms with Crippen LogP contribution in [0.1, 0.15) is 11.9 Å². The van der Waals surface area contributed by atoms with Crippen molar-refractivity contribution < 1.29 is 25.0 Å². The summed E-state index contributed by atoms with van der Waals surface area (Å²) in [6, 6.07) is 0. The van der Waals surface area contributed by atoms with Crippen molar-refractivity contribution in [2.24, 2.45) is 0 Å². The third-order valence-corrected chi connectivity index (χ3v) is 2.81. The average molecular weight is 272 g/mol. The van der Waals surface area contributed by atoms with Gasteiger partial charge in [-0.25, -0.2) is 9.97 Å². The van der Waals surface area contributed by atoms with E-state index >= 15 is 0 Å². The van der Waals surface area contributed by atoms with Crippen molar-refractivity contribution >= 4 is 11.5 Å². The van der Waals surface area contributed by atoms with Crippen molar-refractivity contribution in [2.45, 2.75) is 24.4 Å². The molecule has 2 heterocycles. The van der Waals surface area contributed by atoms with Crippen LogP contribution in [0.3, 0.4) is 0 Å². The highest BCUT2D eigenvalue weighted by Gasteiger charge is 2.44. The number of anilines is 1. The fraction of sp³-hybridized carbons (Fsp3) is 0.556. The minimum absolute atomic E-state index is 0.0920. The molecule has 19 heavy (non-hydrogen) atoms. The zero-order valence-corrected chi connectivity index (χ0v) is 9.58. The van der Waals surface area contributed by atoms with Crippen LogP contribution in [0.15, 0.2) is 6.20 Å². The molecule has 0 bridgehead atoms. The minimum atomic E-state index is -1.35. The highest BCUT2D eigenvalue weighted by atomic mass is 16.6. The SMILES string of the molecule is Nc1nc(C2O[C@H](CO)[C@@H](O)[C@H]2O)ncc1[N+](=O)[O-]. The maximum Gasteiger partial charge on any atom is 0.329 e. The van der Waals surface area contributed by atoms with E-state index in [4.69, 9.17) is 15.6 Å². The number of hydrogen-bond acceptors (Lipinski definition) is 9. The lowest BCUT2D eigenvalue weighted by Gasteiger charge is -2.13. The summed E-state index contributed by atoms with van der Waals surface area (Å²) in [4.78, 5) is 17.2. The van der Waals surface area contributed by atoms with Gasteiger partial charge >= 0.3 is 5.69 Å². The molecule has 2 rings (SSSR count). The molecule has 0 aromatic carbocycles. The Morgan fingerprint density at radius 2 is 2.16 bits per heavy atom. The summed E-state index contributed by atoms with van der Waals surface area (Å²) in [6.45, 7) is -0.489. The van der Waals surface area contributed by atoms with Crippen LogP contribution in [-0.2, 0) is 4.74 Å². The van der Waals surface area contributed by atoms with Crippen LogP contribution >= 0.6 is 0 Å². The van der Waals surface area contributed by atoms with E-state index in [9.17, 15) is 20.3 Å². The third kappa shape index (κ3) is 2.33. The second-order valence-electron chi connectivity index (χ2n) is 4.01. The molecule has 0 aliphatic carbocycles. The molecule has 1 fully saturated rings. The smallest absolute Gasteiger partial charge is 0.329 e. The van der Waals surface area contributed by atoms with Gasteiger partial charge in [0.1, 0.15) is 30.6 Å². The molecule has 1 unspecified atom stereocenters. The number of rotatable bonds is 3. The normalized spacial score (nSPS) is 30.5. The van der Waals surface area contributed by atoms with E-state index in [0.717, 1.165) is 6.20 Å². The van der Waals surface area contributed by atoms with E-state index in [1.165, 1.54) is 0 Å². The van der Waals surface area contributed by atoms with E-state index in [1.807, 2.05) is 0 Å². The van der Waals surface area contributed by atoms with Gasteiger partial charge in [0.25, 0.3) is 0 Å². The Kier molecular flexibility index (Phi) is 3.57. The fourth-order valence-electron chi connectivity index (χ4n) is 1.79. The van der Waals surface area contributed by atoms with Gasteiger partial charge in [0.15, 0.2) is 5.82 Å². The average Bonchev–Trinajstić information content (AvgIpc) is 2.65. The quantitative estimate of drug-likeness (QED) is 0.364. The molecule has 4 atom stereocenters. The minimum Gasteiger partial charge on any atom is -0.394 e. The van der Waals surface area contributed by atoms with E-state index in [1.54, 1.807) is 0 Å². The Hall–Kier alpha value is -1.88. The van der Waals surface area contributed by atoms with Crippen LogP contribution in [0, 0.1) is 10.1 Å². The standard InChI is InChI=1S/C9H12N4O6/c10-8-3(13(17)18)1-11-9(12-8)7-6(16)5(15)4(2-14)19-7/h1,4-7,14-16H,2H2,(H2,10,11,12)/t4-,5-,6-,7?/m1/s1. The van der Waals surface area contributed by atoms with Crippen molar-refractivity contribution in [2.75, 3.05) is 12.3 Å². The lowest BCUT2D eigenvalue weighted by atomic mass is 10.1. The van der Waals surface area contributed by atoms with Crippen molar-refractivity contribution in [1.29, 1.82) is 0 Å². The zero-order chi connectivity index (χ0) is 14.2. The molecule has 1 aromatic rings. The predicted octanol–water partition coefficient (Wildman–Crippen LogP) is -1.88. The summed E-state index contributed by atoms with van der Waals surface area (Å²) in [5, 5.41) is 38.8. The Balaban J connectivity index is 2.28. The second kappa shape index (κ2) is 5.01. The van der Waals surface area contributed by atoms with Crippen LogP contribution in [0.5, 0.6) is 0 Å². The van der Waals surface area contributed by atoms with Crippen LogP contribution in [0.4, 0.5) is 11.5 Å². The number of aliphatic hydroxyl groups excluding tert-OH is 3. The van der Waals surface area contributed by atoms with Crippen LogP contribution in [-0.4, -0.2) is 55.1 Å². The van der Waals surface area contributed by atoms with E-state index in [2.05, 4.69) is 9.97 Å². The summed E-state index contributed by atoms with van der Waals surface area (Å²) in [6.07, 6.45) is -3.82. The van der Waals surface area contributed by atoms with E-state index in [0.29, 0.717) is 0 Å². The summed E-state index contributed by atoms with van der Waals surface area (Å²) in [7, 11) is 0. The largest absolute Gasteiger partial charge is 0.394 e. The summed E-state index contributed by atoms with van der Waals surface area (Å²) in [5.74, 6) is -0.460. The van der Waals surface area contributed by atoms with Gasteiger partial charge in [-0.05, 0) is 0 Å². The Bertz CT molecular complexity index is 498. The first-order chi connectivity index (χ1) is 8.95. The number of aromatic nitrogens is 2. The zero-order valence-electron chi connectivity index (χ0n) is 9.58. The van der Waals surface area contributed by atoms with E-state index in [-0.39, 0.29) is 11.6 Å². The number of nitrogen functional groups attached to an aromatic ring is 1. The number of ether oxygens (including phenoxy) is 1. The molecule has 104 valence electrons. The van der Waals surface area contributed by atoms with E-state index < -0.39 is 41.6 Å². The van der Waals surface area contributed by atoms with Gasteiger partial charge in [-0.2, -0.15) is 0 Å². The van der Waals surface area contributed by atoms with Crippen LogP contribution in [0.2, 0.25) is 0 Å². The summed E-state index contributed by atoms with van der Waals surface area (Å²) < 4.78 is 5.18. The number of hydrogen-bond donors (Lipinski definition) is 4. The number of aliphatic hydroxyl groups is 3. The first-order valence-electron chi connectivity index (χ1n) is 5.35. The van der Waals surface area contributed by atoms with Gasteiger partial charge in [-0.15, -0.1) is 0 Å². The lowest BCUT2D eigenvalue weighted by molar-refractivity contribution is -0.384. The number of nitrogens with two attached hydrogens (primary N) is 1. The predicted molar refractivity (Wildman–Crippen MR) is 59.8 cm³/mol. The fourth-order valence-corrected chi connectivity index (χ4v) is 1.79. The molecule has 10 heteroatoms. The molecule has 1 aromatic heterocycles. The Morgan fingerprint density at radius 1 is 1.47 bits per heavy atom. The topological polar surface area (TPSA) is 165 Å². The van der Waals surface area contributed by atoms with Crippen LogP contribution in [0.25, 0.3) is 0 Å². The van der Waals surface area contributed by atoms with Crippen molar-refractivity contribution in [3.63, 3.8) is 0 Å². The van der Waals surface area contributed by atoms with Gasteiger partial charge < -0.3 is 25.8 Å². The number of nitro groups is 1. The molecule has 0 spiro atoms. The van der Waals surface area contributed by atoms with Gasteiger partial charge in [0, 0.05) is 0 Å². The molecule has 5 N–H and O–H groups in total. The maximum absolute atomic E-state index is 10.6. The Morgan fingerprint density at radius 3 is 2.63 bits per heavy atom.